The summed E-state index contributed by atoms with van der Waals surface area (Å²) in [6, 6.07) is 3.62. The van der Waals surface area contributed by atoms with Crippen LogP contribution in [0.25, 0.3) is 0 Å². The second-order valence-corrected chi connectivity index (χ2v) is 3.58. The molecule has 3 nitrogen and oxygen atoms in total. The van der Waals surface area contributed by atoms with Crippen LogP contribution in [0.5, 0.6) is 5.75 Å². The van der Waals surface area contributed by atoms with Crippen molar-refractivity contribution >= 4 is 5.82 Å². The van der Waals surface area contributed by atoms with Gasteiger partial charge in [-0.05, 0) is 37.8 Å². The third-order valence-corrected chi connectivity index (χ3v) is 2.37. The molecule has 2 N–H and O–H groups in total. The summed E-state index contributed by atoms with van der Waals surface area (Å²) in [5, 5.41) is 0. The lowest BCUT2D eigenvalue weighted by Gasteiger charge is -2.12. The zero-order valence-corrected chi connectivity index (χ0v) is 7.73. The van der Waals surface area contributed by atoms with E-state index in [1.807, 2.05) is 6.07 Å². The van der Waals surface area contributed by atoms with Crippen molar-refractivity contribution in [3.8, 4) is 5.75 Å². The molecule has 2 rings (SSSR count). The van der Waals surface area contributed by atoms with Crippen LogP contribution in [0, 0.1) is 5.92 Å². The SMILES string of the molecule is CC(Oc1ccc(N)nc1)C1CC1. The van der Waals surface area contributed by atoms with Gasteiger partial charge in [-0.15, -0.1) is 0 Å². The predicted molar refractivity (Wildman–Crippen MR) is 51.5 cm³/mol. The largest absolute Gasteiger partial charge is 0.489 e. The molecule has 1 aromatic rings. The number of hydrogen-bond donors (Lipinski definition) is 1. The van der Waals surface area contributed by atoms with E-state index in [2.05, 4.69) is 11.9 Å². The Hall–Kier alpha value is -1.25. The van der Waals surface area contributed by atoms with Crippen molar-refractivity contribution in [2.45, 2.75) is 25.9 Å². The van der Waals surface area contributed by atoms with Crippen LogP contribution in [0.2, 0.25) is 0 Å². The quantitative estimate of drug-likeness (QED) is 0.768. The Labute approximate surface area is 77.9 Å². The Balaban J connectivity index is 1.96. The predicted octanol–water partition coefficient (Wildman–Crippen LogP) is 1.84. The van der Waals surface area contributed by atoms with Gasteiger partial charge >= 0.3 is 0 Å². The molecule has 0 radical (unpaired) electrons. The van der Waals surface area contributed by atoms with E-state index in [4.69, 9.17) is 10.5 Å². The van der Waals surface area contributed by atoms with Crippen molar-refractivity contribution in [3.05, 3.63) is 18.3 Å². The van der Waals surface area contributed by atoms with Crippen LogP contribution < -0.4 is 10.5 Å². The molecule has 1 aromatic heterocycles. The van der Waals surface area contributed by atoms with E-state index in [1.165, 1.54) is 12.8 Å². The summed E-state index contributed by atoms with van der Waals surface area (Å²) >= 11 is 0. The lowest BCUT2D eigenvalue weighted by atomic mass is 10.3. The van der Waals surface area contributed by atoms with E-state index >= 15 is 0 Å². The lowest BCUT2D eigenvalue weighted by molar-refractivity contribution is 0.197. The molecule has 0 bridgehead atoms. The Morgan fingerprint density at radius 2 is 2.31 bits per heavy atom. The number of ether oxygens (including phenoxy) is 1. The van der Waals surface area contributed by atoms with Gasteiger partial charge in [-0.1, -0.05) is 0 Å². The molecule has 0 aliphatic heterocycles. The van der Waals surface area contributed by atoms with Gasteiger partial charge < -0.3 is 10.5 Å². The summed E-state index contributed by atoms with van der Waals surface area (Å²) in [4.78, 5) is 3.96. The van der Waals surface area contributed by atoms with Gasteiger partial charge in [0.15, 0.2) is 0 Å². The van der Waals surface area contributed by atoms with Crippen molar-refractivity contribution < 1.29 is 4.74 Å². The van der Waals surface area contributed by atoms with Crippen molar-refractivity contribution in [2.24, 2.45) is 5.92 Å². The third kappa shape index (κ3) is 2.11. The molecule has 1 aliphatic carbocycles. The second-order valence-electron chi connectivity index (χ2n) is 3.58. The number of hydrogen-bond acceptors (Lipinski definition) is 3. The molecule has 1 fully saturated rings. The standard InChI is InChI=1S/C10H14N2O/c1-7(8-2-3-8)13-9-4-5-10(11)12-6-9/h4-8H,2-3H2,1H3,(H2,11,12). The molecule has 1 aliphatic rings. The number of nitrogens with two attached hydrogens (primary N) is 1. The fraction of sp³-hybridized carbons (Fsp3) is 0.500. The van der Waals surface area contributed by atoms with Crippen molar-refractivity contribution in [1.29, 1.82) is 0 Å². The average molecular weight is 178 g/mol. The van der Waals surface area contributed by atoms with Crippen molar-refractivity contribution in [2.75, 3.05) is 5.73 Å². The van der Waals surface area contributed by atoms with E-state index < -0.39 is 0 Å². The monoisotopic (exact) mass is 178 g/mol. The molecule has 13 heavy (non-hydrogen) atoms. The topological polar surface area (TPSA) is 48.1 Å². The first-order valence-corrected chi connectivity index (χ1v) is 4.64. The minimum Gasteiger partial charge on any atom is -0.489 e. The maximum Gasteiger partial charge on any atom is 0.138 e. The van der Waals surface area contributed by atoms with Gasteiger partial charge in [0.05, 0.1) is 12.3 Å². The Morgan fingerprint density at radius 1 is 1.54 bits per heavy atom. The van der Waals surface area contributed by atoms with Gasteiger partial charge in [0.25, 0.3) is 0 Å². The highest BCUT2D eigenvalue weighted by Gasteiger charge is 2.29. The maximum atomic E-state index is 5.68. The number of nitrogens with zero attached hydrogens (tertiary/aromatic N) is 1. The lowest BCUT2D eigenvalue weighted by Crippen LogP contribution is -2.13. The molecular weight excluding hydrogens is 164 g/mol. The molecule has 70 valence electrons. The summed E-state index contributed by atoms with van der Waals surface area (Å²) in [6.07, 6.45) is 4.58. The first kappa shape index (κ1) is 8.35. The van der Waals surface area contributed by atoms with Crippen LogP contribution in [0.4, 0.5) is 5.82 Å². The molecular formula is C10H14N2O. The highest BCUT2D eigenvalue weighted by atomic mass is 16.5. The smallest absolute Gasteiger partial charge is 0.138 e. The van der Waals surface area contributed by atoms with Gasteiger partial charge in [0, 0.05) is 0 Å². The maximum absolute atomic E-state index is 5.68. The van der Waals surface area contributed by atoms with Crippen LogP contribution in [-0.4, -0.2) is 11.1 Å². The zero-order chi connectivity index (χ0) is 9.26. The summed E-state index contributed by atoms with van der Waals surface area (Å²) in [6.45, 7) is 2.11. The molecule has 1 saturated carbocycles. The summed E-state index contributed by atoms with van der Waals surface area (Å²) < 4.78 is 5.68. The van der Waals surface area contributed by atoms with Crippen molar-refractivity contribution in [1.82, 2.24) is 4.98 Å². The van der Waals surface area contributed by atoms with Gasteiger partial charge in [-0.25, -0.2) is 4.98 Å². The van der Waals surface area contributed by atoms with E-state index in [9.17, 15) is 0 Å². The average Bonchev–Trinajstić information content (AvgIpc) is 2.91. The molecule has 0 saturated heterocycles. The normalized spacial score (nSPS) is 18.2. The van der Waals surface area contributed by atoms with E-state index in [0.29, 0.717) is 11.9 Å². The Kier molecular flexibility index (Phi) is 2.08. The molecule has 1 heterocycles. The van der Waals surface area contributed by atoms with E-state index in [0.717, 1.165) is 11.7 Å². The Bertz CT molecular complexity index is 279. The van der Waals surface area contributed by atoms with Gasteiger partial charge in [-0.2, -0.15) is 0 Å². The molecule has 0 amide bonds. The summed E-state index contributed by atoms with van der Waals surface area (Å²) in [5.41, 5.74) is 5.46. The molecule has 1 unspecified atom stereocenters. The van der Waals surface area contributed by atoms with Crippen molar-refractivity contribution in [3.63, 3.8) is 0 Å². The number of anilines is 1. The van der Waals surface area contributed by atoms with Gasteiger partial charge in [0.1, 0.15) is 11.6 Å². The number of pyridine rings is 1. The summed E-state index contributed by atoms with van der Waals surface area (Å²) in [7, 11) is 0. The highest BCUT2D eigenvalue weighted by Crippen LogP contribution is 2.34. The minimum atomic E-state index is 0.311. The van der Waals surface area contributed by atoms with Crippen LogP contribution in [-0.2, 0) is 0 Å². The Morgan fingerprint density at radius 3 is 2.85 bits per heavy atom. The molecule has 1 atom stereocenters. The molecule has 0 spiro atoms. The third-order valence-electron chi connectivity index (χ3n) is 2.37. The number of nitrogen functional groups attached to an aromatic ring is 1. The highest BCUT2D eigenvalue weighted by molar-refractivity contribution is 5.32. The van der Waals surface area contributed by atoms with Crippen LogP contribution in [0.1, 0.15) is 19.8 Å². The van der Waals surface area contributed by atoms with Crippen LogP contribution >= 0.6 is 0 Å². The molecule has 0 aromatic carbocycles. The van der Waals surface area contributed by atoms with Gasteiger partial charge in [0.2, 0.25) is 0 Å². The first-order chi connectivity index (χ1) is 6.25. The fourth-order valence-electron chi connectivity index (χ4n) is 1.34. The van der Waals surface area contributed by atoms with Crippen LogP contribution in [0.3, 0.4) is 0 Å². The second kappa shape index (κ2) is 3.24. The number of aromatic nitrogens is 1. The first-order valence-electron chi connectivity index (χ1n) is 4.64. The van der Waals surface area contributed by atoms with Crippen LogP contribution in [0.15, 0.2) is 18.3 Å². The van der Waals surface area contributed by atoms with E-state index in [1.54, 1.807) is 12.3 Å². The number of rotatable bonds is 3. The summed E-state index contributed by atoms with van der Waals surface area (Å²) in [5.74, 6) is 2.09. The fourth-order valence-corrected chi connectivity index (χ4v) is 1.34. The molecule has 3 heteroatoms. The van der Waals surface area contributed by atoms with Gasteiger partial charge in [-0.3, -0.25) is 0 Å². The van der Waals surface area contributed by atoms with E-state index in [-0.39, 0.29) is 0 Å². The minimum absolute atomic E-state index is 0.311. The zero-order valence-electron chi connectivity index (χ0n) is 7.73.